The second-order valence-corrected chi connectivity index (χ2v) is 5.65. The first-order chi connectivity index (χ1) is 8.24. The molecule has 3 rings (SSSR count). The zero-order chi connectivity index (χ0) is 11.8. The van der Waals surface area contributed by atoms with E-state index in [0.29, 0.717) is 0 Å². The van der Waals surface area contributed by atoms with Gasteiger partial charge in [0, 0.05) is 11.1 Å². The first kappa shape index (κ1) is 11.3. The van der Waals surface area contributed by atoms with Crippen LogP contribution in [0.2, 0.25) is 0 Å². The van der Waals surface area contributed by atoms with Crippen LogP contribution in [0, 0.1) is 0 Å². The third-order valence-corrected chi connectivity index (χ3v) is 3.87. The lowest BCUT2D eigenvalue weighted by Gasteiger charge is -2.15. The minimum Gasteiger partial charge on any atom is -0.253 e. The number of aryl methyl sites for hydroxylation is 2. The molecule has 1 aliphatic rings. The molecule has 0 amide bonds. The summed E-state index contributed by atoms with van der Waals surface area (Å²) in [5, 5.41) is 1.15. The van der Waals surface area contributed by atoms with Crippen molar-refractivity contribution in [2.24, 2.45) is 0 Å². The number of alkyl halides is 2. The van der Waals surface area contributed by atoms with Crippen LogP contribution >= 0.6 is 23.2 Å². The van der Waals surface area contributed by atoms with Crippen LogP contribution in [0.25, 0.3) is 10.9 Å². The van der Waals surface area contributed by atoms with E-state index in [1.807, 2.05) is 18.2 Å². The van der Waals surface area contributed by atoms with Crippen LogP contribution in [-0.2, 0) is 12.8 Å². The molecule has 3 heteroatoms. The van der Waals surface area contributed by atoms with Crippen LogP contribution < -0.4 is 0 Å². The van der Waals surface area contributed by atoms with Gasteiger partial charge >= 0.3 is 0 Å². The maximum absolute atomic E-state index is 5.89. The van der Waals surface area contributed by atoms with E-state index in [2.05, 4.69) is 6.07 Å². The van der Waals surface area contributed by atoms with E-state index in [-0.39, 0.29) is 0 Å². The summed E-state index contributed by atoms with van der Waals surface area (Å²) >= 11 is 11.8. The van der Waals surface area contributed by atoms with Crippen LogP contribution in [0.3, 0.4) is 0 Å². The molecule has 0 unspecified atom stereocenters. The third kappa shape index (κ3) is 2.14. The molecule has 1 aromatic carbocycles. The fourth-order valence-corrected chi connectivity index (χ4v) is 2.73. The fraction of sp³-hybridized carbons (Fsp3) is 0.357. The molecule has 1 nitrogen and oxygen atoms in total. The predicted molar refractivity (Wildman–Crippen MR) is 72.8 cm³/mol. The summed E-state index contributed by atoms with van der Waals surface area (Å²) in [5.41, 5.74) is 4.65. The topological polar surface area (TPSA) is 12.9 Å². The number of aromatic nitrogens is 1. The maximum Gasteiger partial charge on any atom is 0.132 e. The summed E-state index contributed by atoms with van der Waals surface area (Å²) in [4.78, 5) is 4.27. The van der Waals surface area contributed by atoms with E-state index in [0.717, 1.165) is 29.3 Å². The molecule has 1 aliphatic carbocycles. The van der Waals surface area contributed by atoms with Gasteiger partial charge in [-0.25, -0.2) is 0 Å². The quantitative estimate of drug-likeness (QED) is 0.688. The van der Waals surface area contributed by atoms with Crippen molar-refractivity contribution in [1.82, 2.24) is 4.98 Å². The maximum atomic E-state index is 5.89. The molecule has 0 N–H and O–H groups in total. The summed E-state index contributed by atoms with van der Waals surface area (Å²) < 4.78 is 0. The Bertz CT molecular complexity index is 563. The molecule has 17 heavy (non-hydrogen) atoms. The molecule has 0 bridgehead atoms. The highest BCUT2D eigenvalue weighted by Gasteiger charge is 2.12. The lowest BCUT2D eigenvalue weighted by atomic mass is 9.94. The van der Waals surface area contributed by atoms with E-state index in [4.69, 9.17) is 28.2 Å². The van der Waals surface area contributed by atoms with E-state index >= 15 is 0 Å². The van der Waals surface area contributed by atoms with Gasteiger partial charge in [0.1, 0.15) is 4.84 Å². The van der Waals surface area contributed by atoms with Crippen molar-refractivity contribution in [2.75, 3.05) is 0 Å². The lowest BCUT2D eigenvalue weighted by molar-refractivity contribution is 0.671. The van der Waals surface area contributed by atoms with Crippen LogP contribution in [0.15, 0.2) is 24.3 Å². The van der Waals surface area contributed by atoms with E-state index in [9.17, 15) is 0 Å². The Hall–Kier alpha value is -0.790. The number of pyridine rings is 1. The molecule has 0 atom stereocenters. The molecule has 1 aromatic heterocycles. The van der Waals surface area contributed by atoms with Gasteiger partial charge in [0.05, 0.1) is 5.52 Å². The first-order valence-corrected chi connectivity index (χ1v) is 6.82. The number of benzene rings is 1. The van der Waals surface area contributed by atoms with Gasteiger partial charge < -0.3 is 0 Å². The molecule has 2 aromatic rings. The predicted octanol–water partition coefficient (Wildman–Crippen LogP) is 4.59. The van der Waals surface area contributed by atoms with Crippen molar-refractivity contribution in [3.63, 3.8) is 0 Å². The highest BCUT2D eigenvalue weighted by molar-refractivity contribution is 6.44. The molecule has 0 fully saturated rings. The zero-order valence-electron chi connectivity index (χ0n) is 9.42. The number of halogens is 2. The summed E-state index contributed by atoms with van der Waals surface area (Å²) in [6, 6.07) is 8.25. The highest BCUT2D eigenvalue weighted by Crippen LogP contribution is 2.29. The van der Waals surface area contributed by atoms with Gasteiger partial charge in [0.25, 0.3) is 0 Å². The van der Waals surface area contributed by atoms with Gasteiger partial charge in [-0.2, -0.15) is 0 Å². The Labute approximate surface area is 111 Å². The number of nitrogens with zero attached hydrogens (tertiary/aromatic N) is 1. The van der Waals surface area contributed by atoms with Gasteiger partial charge in [-0.15, -0.1) is 23.2 Å². The van der Waals surface area contributed by atoms with Crippen LogP contribution in [0.5, 0.6) is 0 Å². The average Bonchev–Trinajstić information content (AvgIpc) is 2.35. The highest BCUT2D eigenvalue weighted by atomic mass is 35.5. The van der Waals surface area contributed by atoms with Crippen molar-refractivity contribution >= 4 is 34.1 Å². The van der Waals surface area contributed by atoms with Gasteiger partial charge in [-0.3, -0.25) is 4.98 Å². The van der Waals surface area contributed by atoms with Crippen LogP contribution in [0.1, 0.15) is 34.5 Å². The third-order valence-electron chi connectivity index (χ3n) is 3.37. The summed E-state index contributed by atoms with van der Waals surface area (Å²) in [6.45, 7) is 0. The molecule has 88 valence electrons. The Kier molecular flexibility index (Phi) is 2.97. The van der Waals surface area contributed by atoms with Gasteiger partial charge in [0.15, 0.2) is 0 Å². The molecule has 0 radical (unpaired) electrons. The normalized spacial score (nSPS) is 15.2. The van der Waals surface area contributed by atoms with E-state index < -0.39 is 4.84 Å². The Balaban J connectivity index is 2.16. The van der Waals surface area contributed by atoms with Crippen molar-refractivity contribution in [1.29, 1.82) is 0 Å². The van der Waals surface area contributed by atoms with Crippen molar-refractivity contribution in [3.05, 3.63) is 41.1 Å². The Morgan fingerprint density at radius 2 is 1.88 bits per heavy atom. The van der Waals surface area contributed by atoms with E-state index in [1.165, 1.54) is 24.1 Å². The smallest absolute Gasteiger partial charge is 0.132 e. The summed E-state index contributed by atoms with van der Waals surface area (Å²) in [7, 11) is 0. The van der Waals surface area contributed by atoms with Gasteiger partial charge in [-0.05, 0) is 55.0 Å². The number of rotatable bonds is 1. The molecule has 0 aliphatic heterocycles. The van der Waals surface area contributed by atoms with Crippen LogP contribution in [-0.4, -0.2) is 4.98 Å². The molecule has 0 spiro atoms. The fourth-order valence-electron chi connectivity index (χ4n) is 2.46. The first-order valence-electron chi connectivity index (χ1n) is 5.94. The number of fused-ring (bicyclic) bond motifs is 2. The minimum atomic E-state index is -0.463. The second-order valence-electron chi connectivity index (χ2n) is 4.55. The second kappa shape index (κ2) is 4.47. The number of hydrogen-bond acceptors (Lipinski definition) is 1. The minimum absolute atomic E-state index is 0.463. The van der Waals surface area contributed by atoms with Crippen LogP contribution in [0.4, 0.5) is 0 Å². The zero-order valence-corrected chi connectivity index (χ0v) is 10.9. The average molecular weight is 266 g/mol. The summed E-state index contributed by atoms with van der Waals surface area (Å²) in [6.07, 6.45) is 4.79. The summed E-state index contributed by atoms with van der Waals surface area (Å²) in [5.74, 6) is 0. The Morgan fingerprint density at radius 3 is 2.71 bits per heavy atom. The standard InChI is InChI=1S/C14H13Cl2N/c15-14(16)10-5-6-13-11(8-10)7-9-3-1-2-4-12(9)17-13/h5-8,14H,1-4H2. The van der Waals surface area contributed by atoms with Crippen molar-refractivity contribution in [3.8, 4) is 0 Å². The van der Waals surface area contributed by atoms with Gasteiger partial charge in [-0.1, -0.05) is 6.07 Å². The molecular formula is C14H13Cl2N. The lowest BCUT2D eigenvalue weighted by Crippen LogP contribution is -2.05. The Morgan fingerprint density at radius 1 is 1.06 bits per heavy atom. The van der Waals surface area contributed by atoms with E-state index in [1.54, 1.807) is 0 Å². The molecule has 0 saturated heterocycles. The monoisotopic (exact) mass is 265 g/mol. The molecule has 0 saturated carbocycles. The van der Waals surface area contributed by atoms with Crippen molar-refractivity contribution < 1.29 is 0 Å². The molecular weight excluding hydrogens is 253 g/mol. The van der Waals surface area contributed by atoms with Crippen molar-refractivity contribution in [2.45, 2.75) is 30.5 Å². The largest absolute Gasteiger partial charge is 0.253 e. The number of hydrogen-bond donors (Lipinski definition) is 0. The van der Waals surface area contributed by atoms with Gasteiger partial charge in [0.2, 0.25) is 0 Å². The molecule has 1 heterocycles. The SMILES string of the molecule is ClC(Cl)c1ccc2nc3c(cc2c1)CCCC3.